The van der Waals surface area contributed by atoms with Gasteiger partial charge in [-0.15, -0.1) is 0 Å². The van der Waals surface area contributed by atoms with Crippen molar-refractivity contribution in [3.8, 4) is 0 Å². The van der Waals surface area contributed by atoms with Gasteiger partial charge in [-0.1, -0.05) is 17.7 Å². The van der Waals surface area contributed by atoms with Crippen LogP contribution in [0.25, 0.3) is 0 Å². The molecule has 1 aromatic rings. The molecule has 0 radical (unpaired) electrons. The Morgan fingerprint density at radius 1 is 1.32 bits per heavy atom. The van der Waals surface area contributed by atoms with Crippen molar-refractivity contribution in [1.29, 1.82) is 0 Å². The Bertz CT molecular complexity index is 658. The Morgan fingerprint density at radius 2 is 2.04 bits per heavy atom. The van der Waals surface area contributed by atoms with Crippen LogP contribution in [-0.2, 0) is 16.1 Å². The first-order chi connectivity index (χ1) is 13.4. The highest BCUT2D eigenvalue weighted by Gasteiger charge is 2.21. The number of benzene rings is 1. The molecule has 1 fully saturated rings. The van der Waals surface area contributed by atoms with Crippen LogP contribution in [0.3, 0.4) is 0 Å². The third-order valence-electron chi connectivity index (χ3n) is 4.57. The SMILES string of the molecule is COCCNC(=NCC(=O)N(C)C)N1CCN(Cc2c(F)cccc2Cl)CC1. The van der Waals surface area contributed by atoms with Gasteiger partial charge in [-0.25, -0.2) is 9.38 Å². The lowest BCUT2D eigenvalue weighted by Crippen LogP contribution is -2.52. The van der Waals surface area contributed by atoms with Gasteiger partial charge in [0.2, 0.25) is 5.91 Å². The van der Waals surface area contributed by atoms with E-state index in [1.165, 1.54) is 11.0 Å². The lowest BCUT2D eigenvalue weighted by Gasteiger charge is -2.36. The number of aliphatic imine (C=N–C) groups is 1. The van der Waals surface area contributed by atoms with Crippen LogP contribution in [0.15, 0.2) is 23.2 Å². The van der Waals surface area contributed by atoms with Gasteiger partial charge >= 0.3 is 0 Å². The molecule has 28 heavy (non-hydrogen) atoms. The molecule has 9 heteroatoms. The Kier molecular flexibility index (Phi) is 8.95. The van der Waals surface area contributed by atoms with Crippen molar-refractivity contribution in [3.05, 3.63) is 34.6 Å². The Balaban J connectivity index is 1.96. The van der Waals surface area contributed by atoms with E-state index in [4.69, 9.17) is 16.3 Å². The monoisotopic (exact) mass is 413 g/mol. The molecule has 0 aliphatic carbocycles. The summed E-state index contributed by atoms with van der Waals surface area (Å²) in [6.07, 6.45) is 0. The molecular weight excluding hydrogens is 385 g/mol. The van der Waals surface area contributed by atoms with Crippen molar-refractivity contribution in [2.45, 2.75) is 6.54 Å². The Hall–Kier alpha value is -1.90. The van der Waals surface area contributed by atoms with Crippen LogP contribution in [-0.4, -0.2) is 93.6 Å². The highest BCUT2D eigenvalue weighted by molar-refractivity contribution is 6.31. The topological polar surface area (TPSA) is 60.4 Å². The quantitative estimate of drug-likeness (QED) is 0.414. The summed E-state index contributed by atoms with van der Waals surface area (Å²) in [4.78, 5) is 22.1. The summed E-state index contributed by atoms with van der Waals surface area (Å²) < 4.78 is 19.1. The van der Waals surface area contributed by atoms with Crippen LogP contribution in [0.4, 0.5) is 4.39 Å². The highest BCUT2D eigenvalue weighted by atomic mass is 35.5. The van der Waals surface area contributed by atoms with Gasteiger partial charge < -0.3 is 19.9 Å². The number of rotatable bonds is 7. The van der Waals surface area contributed by atoms with Gasteiger partial charge in [0.1, 0.15) is 12.4 Å². The van der Waals surface area contributed by atoms with Crippen LogP contribution < -0.4 is 5.32 Å². The fourth-order valence-corrected chi connectivity index (χ4v) is 3.06. The maximum absolute atomic E-state index is 14.0. The molecule has 0 unspecified atom stereocenters. The molecule has 0 aromatic heterocycles. The standard InChI is InChI=1S/C19H29ClFN5O2/c1-24(2)18(27)13-23-19(22-7-12-28-3)26-10-8-25(9-11-26)14-15-16(20)5-4-6-17(15)21/h4-6H,7-14H2,1-3H3,(H,22,23). The van der Waals surface area contributed by atoms with Crippen molar-refractivity contribution in [2.24, 2.45) is 4.99 Å². The van der Waals surface area contributed by atoms with Gasteiger partial charge in [0, 0.05) is 71.1 Å². The number of methoxy groups -OCH3 is 1. The zero-order valence-electron chi connectivity index (χ0n) is 16.8. The molecule has 1 saturated heterocycles. The minimum atomic E-state index is -0.277. The maximum Gasteiger partial charge on any atom is 0.243 e. The molecule has 1 N–H and O–H groups in total. The molecule has 2 rings (SSSR count). The molecular formula is C19H29ClFN5O2. The van der Waals surface area contributed by atoms with E-state index in [-0.39, 0.29) is 18.3 Å². The van der Waals surface area contributed by atoms with Crippen LogP contribution in [0.2, 0.25) is 5.02 Å². The number of carbonyl (C=O) groups is 1. The number of hydrogen-bond acceptors (Lipinski definition) is 4. The minimum Gasteiger partial charge on any atom is -0.383 e. The number of piperazine rings is 1. The van der Waals surface area contributed by atoms with Crippen molar-refractivity contribution in [3.63, 3.8) is 0 Å². The molecule has 1 aliphatic rings. The van der Waals surface area contributed by atoms with Crippen LogP contribution >= 0.6 is 11.6 Å². The van der Waals surface area contributed by atoms with Crippen molar-refractivity contribution in [1.82, 2.24) is 20.0 Å². The highest BCUT2D eigenvalue weighted by Crippen LogP contribution is 2.21. The molecule has 0 atom stereocenters. The number of nitrogens with zero attached hydrogens (tertiary/aromatic N) is 4. The summed E-state index contributed by atoms with van der Waals surface area (Å²) >= 11 is 6.14. The zero-order chi connectivity index (χ0) is 20.5. The Labute approximate surface area is 171 Å². The van der Waals surface area contributed by atoms with E-state index in [1.807, 2.05) is 0 Å². The van der Waals surface area contributed by atoms with Crippen molar-refractivity contribution < 1.29 is 13.9 Å². The van der Waals surface area contributed by atoms with E-state index in [9.17, 15) is 9.18 Å². The number of guanidine groups is 1. The predicted octanol–water partition coefficient (Wildman–Crippen LogP) is 1.28. The van der Waals surface area contributed by atoms with E-state index in [0.717, 1.165) is 26.2 Å². The van der Waals surface area contributed by atoms with E-state index >= 15 is 0 Å². The van der Waals surface area contributed by atoms with E-state index in [2.05, 4.69) is 20.1 Å². The number of carbonyl (C=O) groups excluding carboxylic acids is 1. The van der Waals surface area contributed by atoms with E-state index < -0.39 is 0 Å². The fraction of sp³-hybridized carbons (Fsp3) is 0.579. The lowest BCUT2D eigenvalue weighted by atomic mass is 10.2. The van der Waals surface area contributed by atoms with Gasteiger partial charge in [0.25, 0.3) is 0 Å². The molecule has 1 aromatic carbocycles. The fourth-order valence-electron chi connectivity index (χ4n) is 2.84. The second-order valence-corrected chi connectivity index (χ2v) is 7.22. The molecule has 0 saturated carbocycles. The average Bonchev–Trinajstić information content (AvgIpc) is 2.68. The Morgan fingerprint density at radius 3 is 2.64 bits per heavy atom. The first-order valence-corrected chi connectivity index (χ1v) is 9.67. The van der Waals surface area contributed by atoms with Gasteiger partial charge in [0.15, 0.2) is 5.96 Å². The summed E-state index contributed by atoms with van der Waals surface area (Å²) in [5.74, 6) is 0.357. The van der Waals surface area contributed by atoms with E-state index in [0.29, 0.717) is 36.2 Å². The normalized spacial score (nSPS) is 15.6. The summed E-state index contributed by atoms with van der Waals surface area (Å²) in [5.41, 5.74) is 0.529. The molecule has 7 nitrogen and oxygen atoms in total. The zero-order valence-corrected chi connectivity index (χ0v) is 17.5. The maximum atomic E-state index is 14.0. The number of likely N-dealkylation sites (N-methyl/N-ethyl adjacent to an activating group) is 1. The summed E-state index contributed by atoms with van der Waals surface area (Å²) in [5, 5.41) is 3.70. The van der Waals surface area contributed by atoms with Gasteiger partial charge in [-0.2, -0.15) is 0 Å². The molecule has 1 heterocycles. The molecule has 156 valence electrons. The second-order valence-electron chi connectivity index (χ2n) is 6.81. The van der Waals surface area contributed by atoms with Gasteiger partial charge in [-0.3, -0.25) is 9.69 Å². The first kappa shape index (κ1) is 22.4. The summed E-state index contributed by atoms with van der Waals surface area (Å²) in [6.45, 7) is 4.66. The molecule has 0 spiro atoms. The van der Waals surface area contributed by atoms with Gasteiger partial charge in [-0.05, 0) is 12.1 Å². The number of hydrogen-bond donors (Lipinski definition) is 1. The van der Waals surface area contributed by atoms with Crippen LogP contribution in [0.1, 0.15) is 5.56 Å². The third-order valence-corrected chi connectivity index (χ3v) is 4.92. The summed E-state index contributed by atoms with van der Waals surface area (Å²) in [7, 11) is 5.06. The number of halogens is 2. The molecule has 0 bridgehead atoms. The summed E-state index contributed by atoms with van der Waals surface area (Å²) in [6, 6.07) is 4.76. The first-order valence-electron chi connectivity index (χ1n) is 9.30. The van der Waals surface area contributed by atoms with Crippen molar-refractivity contribution in [2.75, 3.05) is 67.1 Å². The molecule has 1 amide bonds. The largest absolute Gasteiger partial charge is 0.383 e. The van der Waals surface area contributed by atoms with Crippen molar-refractivity contribution >= 4 is 23.5 Å². The predicted molar refractivity (Wildman–Crippen MR) is 109 cm³/mol. The third kappa shape index (κ3) is 6.61. The van der Waals surface area contributed by atoms with Gasteiger partial charge in [0.05, 0.1) is 6.61 Å². The van der Waals surface area contributed by atoms with Crippen LogP contribution in [0, 0.1) is 5.82 Å². The lowest BCUT2D eigenvalue weighted by molar-refractivity contribution is -0.127. The minimum absolute atomic E-state index is 0.0566. The molecule has 1 aliphatic heterocycles. The van der Waals surface area contributed by atoms with E-state index in [1.54, 1.807) is 33.3 Å². The van der Waals surface area contributed by atoms with Crippen LogP contribution in [0.5, 0.6) is 0 Å². The smallest absolute Gasteiger partial charge is 0.243 e. The average molecular weight is 414 g/mol. The number of ether oxygens (including phenoxy) is 1. The number of nitrogens with one attached hydrogen (secondary N) is 1. The number of amides is 1. The second kappa shape index (κ2) is 11.2.